The first-order valence-electron chi connectivity index (χ1n) is 11.4. The monoisotopic (exact) mass is 493 g/mol. The van der Waals surface area contributed by atoms with E-state index in [1.807, 2.05) is 0 Å². The van der Waals surface area contributed by atoms with Crippen LogP contribution in [0.2, 0.25) is 0 Å². The lowest BCUT2D eigenvalue weighted by molar-refractivity contribution is 0.118. The van der Waals surface area contributed by atoms with Crippen molar-refractivity contribution in [3.05, 3.63) is 59.4 Å². The van der Waals surface area contributed by atoms with Gasteiger partial charge >= 0.3 is 6.03 Å². The van der Waals surface area contributed by atoms with Crippen molar-refractivity contribution < 1.29 is 26.4 Å². The molecular formula is C24H26F3N3O3S. The third-order valence-electron chi connectivity index (χ3n) is 7.49. The summed E-state index contributed by atoms with van der Waals surface area (Å²) in [7, 11) is -3.82. The number of hydrogen-bond donors (Lipinski definition) is 1. The third-order valence-corrected chi connectivity index (χ3v) is 8.32. The molecule has 2 heterocycles. The molecule has 5 rings (SSSR count). The zero-order valence-electron chi connectivity index (χ0n) is 18.5. The van der Waals surface area contributed by atoms with Gasteiger partial charge in [-0.05, 0) is 54.4 Å². The highest BCUT2D eigenvalue weighted by Crippen LogP contribution is 2.59. The Kier molecular flexibility index (Phi) is 5.63. The van der Waals surface area contributed by atoms with Crippen molar-refractivity contribution in [1.29, 1.82) is 0 Å². The van der Waals surface area contributed by atoms with E-state index >= 15 is 4.39 Å². The van der Waals surface area contributed by atoms with Crippen LogP contribution in [-0.4, -0.2) is 55.7 Å². The Morgan fingerprint density at radius 2 is 1.76 bits per heavy atom. The molecule has 2 amide bonds. The van der Waals surface area contributed by atoms with E-state index in [-0.39, 0.29) is 40.3 Å². The fourth-order valence-corrected chi connectivity index (χ4v) is 6.55. The van der Waals surface area contributed by atoms with E-state index in [1.165, 1.54) is 6.07 Å². The molecule has 0 aromatic heterocycles. The number of hydrogen-bond acceptors (Lipinski definition) is 3. The molecule has 2 aliphatic heterocycles. The number of amides is 2. The van der Waals surface area contributed by atoms with E-state index in [0.29, 0.717) is 19.6 Å². The summed E-state index contributed by atoms with van der Waals surface area (Å²) >= 11 is 0. The summed E-state index contributed by atoms with van der Waals surface area (Å²) in [5.41, 5.74) is 0.0399. The van der Waals surface area contributed by atoms with Gasteiger partial charge in [0.15, 0.2) is 0 Å². The molecule has 3 aliphatic rings. The van der Waals surface area contributed by atoms with Gasteiger partial charge in [-0.3, -0.25) is 0 Å². The van der Waals surface area contributed by atoms with Crippen LogP contribution in [0.4, 0.5) is 18.0 Å². The molecule has 182 valence electrons. The number of carbonyl (C=O) groups excluding carboxylic acids is 1. The molecule has 1 saturated carbocycles. The number of carbonyl (C=O) groups is 1. The third kappa shape index (κ3) is 4.29. The summed E-state index contributed by atoms with van der Waals surface area (Å²) in [6.45, 7) is 1.71. The molecule has 2 atom stereocenters. The van der Waals surface area contributed by atoms with Crippen molar-refractivity contribution in [1.82, 2.24) is 9.80 Å². The van der Waals surface area contributed by atoms with Gasteiger partial charge in [0.2, 0.25) is 10.0 Å². The number of benzene rings is 2. The predicted octanol–water partition coefficient (Wildman–Crippen LogP) is 3.51. The highest BCUT2D eigenvalue weighted by atomic mass is 32.2. The van der Waals surface area contributed by atoms with Gasteiger partial charge in [0.25, 0.3) is 0 Å². The smallest absolute Gasteiger partial charge is 0.320 e. The molecule has 10 heteroatoms. The normalized spacial score (nSPS) is 23.3. The second-order valence-electron chi connectivity index (χ2n) is 9.76. The standard InChI is InChI=1S/C24H26F3N3O3S/c25-17-9-16(10-18(26)12-17)19-4-1-3-15(22(19)27)11-21-20(13-34(28,32)33)24(5-6-24)14-30(21)23(31)29-7-2-8-29/h1,3-4,9-10,12,20-21H,2,5-8,11,13-14H2,(H2,28,32,33)/t20-,21+/m0/s1. The molecule has 6 nitrogen and oxygen atoms in total. The van der Waals surface area contributed by atoms with Crippen LogP contribution in [0.15, 0.2) is 36.4 Å². The Hall–Kier alpha value is -2.59. The van der Waals surface area contributed by atoms with Crippen molar-refractivity contribution in [2.45, 2.75) is 31.7 Å². The molecule has 2 aromatic carbocycles. The quantitative estimate of drug-likeness (QED) is 0.692. The lowest BCUT2D eigenvalue weighted by Gasteiger charge is -2.37. The van der Waals surface area contributed by atoms with Gasteiger partial charge in [-0.2, -0.15) is 0 Å². The van der Waals surface area contributed by atoms with Gasteiger partial charge in [0.05, 0.1) is 5.75 Å². The molecule has 2 N–H and O–H groups in total. The zero-order chi connectivity index (χ0) is 24.3. The van der Waals surface area contributed by atoms with E-state index in [2.05, 4.69) is 0 Å². The number of urea groups is 1. The summed E-state index contributed by atoms with van der Waals surface area (Å²) in [6, 6.07) is 6.71. The maximum absolute atomic E-state index is 15.6. The maximum Gasteiger partial charge on any atom is 0.320 e. The minimum absolute atomic E-state index is 0.0404. The van der Waals surface area contributed by atoms with Gasteiger partial charge in [-0.1, -0.05) is 18.2 Å². The van der Waals surface area contributed by atoms with Gasteiger partial charge in [0, 0.05) is 43.2 Å². The van der Waals surface area contributed by atoms with Crippen LogP contribution in [0, 0.1) is 28.8 Å². The topological polar surface area (TPSA) is 83.7 Å². The lowest BCUT2D eigenvalue weighted by Crippen LogP contribution is -2.52. The summed E-state index contributed by atoms with van der Waals surface area (Å²) < 4.78 is 67.2. The molecule has 34 heavy (non-hydrogen) atoms. The van der Waals surface area contributed by atoms with Gasteiger partial charge in [0.1, 0.15) is 17.5 Å². The van der Waals surface area contributed by atoms with Crippen LogP contribution >= 0.6 is 0 Å². The second kappa shape index (κ2) is 8.27. The zero-order valence-corrected chi connectivity index (χ0v) is 19.3. The summed E-state index contributed by atoms with van der Waals surface area (Å²) in [6.07, 6.45) is 2.58. The average molecular weight is 494 g/mol. The first-order chi connectivity index (χ1) is 16.1. The van der Waals surface area contributed by atoms with Crippen molar-refractivity contribution in [2.24, 2.45) is 16.5 Å². The number of nitrogens with two attached hydrogens (primary N) is 1. The van der Waals surface area contributed by atoms with Crippen molar-refractivity contribution in [3.8, 4) is 11.1 Å². The van der Waals surface area contributed by atoms with Crippen LogP contribution in [0.5, 0.6) is 0 Å². The number of sulfonamides is 1. The molecule has 3 fully saturated rings. The number of halogens is 3. The number of rotatable bonds is 5. The number of primary sulfonamides is 1. The van der Waals surface area contributed by atoms with Crippen molar-refractivity contribution >= 4 is 16.1 Å². The average Bonchev–Trinajstić information content (AvgIpc) is 3.42. The summed E-state index contributed by atoms with van der Waals surface area (Å²) in [5.74, 6) is -2.97. The van der Waals surface area contributed by atoms with Crippen molar-refractivity contribution in [2.75, 3.05) is 25.4 Å². The molecule has 0 radical (unpaired) electrons. The van der Waals surface area contributed by atoms with Crippen LogP contribution < -0.4 is 5.14 Å². The minimum atomic E-state index is -3.82. The number of likely N-dealkylation sites (tertiary alicyclic amines) is 2. The Bertz CT molecular complexity index is 1230. The molecule has 1 spiro atoms. The molecule has 1 aliphatic carbocycles. The summed E-state index contributed by atoms with van der Waals surface area (Å²) in [4.78, 5) is 16.6. The first kappa shape index (κ1) is 23.2. The molecular weight excluding hydrogens is 467 g/mol. The molecule has 0 bridgehead atoms. The maximum atomic E-state index is 15.6. The summed E-state index contributed by atoms with van der Waals surface area (Å²) in [5, 5.41) is 5.41. The second-order valence-corrected chi connectivity index (χ2v) is 11.4. The van der Waals surface area contributed by atoms with Crippen LogP contribution in [0.3, 0.4) is 0 Å². The molecule has 0 unspecified atom stereocenters. The van der Waals surface area contributed by atoms with E-state index in [9.17, 15) is 22.0 Å². The first-order valence-corrected chi connectivity index (χ1v) is 13.1. The Balaban J connectivity index is 1.51. The number of nitrogens with zero attached hydrogens (tertiary/aromatic N) is 2. The van der Waals surface area contributed by atoms with Gasteiger partial charge in [-0.25, -0.2) is 31.5 Å². The van der Waals surface area contributed by atoms with E-state index in [0.717, 1.165) is 37.5 Å². The fraction of sp³-hybridized carbons (Fsp3) is 0.458. The van der Waals surface area contributed by atoms with Gasteiger partial charge in [-0.15, -0.1) is 0 Å². The fourth-order valence-electron chi connectivity index (χ4n) is 5.47. The minimum Gasteiger partial charge on any atom is -0.325 e. The Labute approximate surface area is 196 Å². The molecule has 2 saturated heterocycles. The highest BCUT2D eigenvalue weighted by Gasteiger charge is 2.61. The van der Waals surface area contributed by atoms with Crippen LogP contribution in [0.25, 0.3) is 11.1 Å². The van der Waals surface area contributed by atoms with Gasteiger partial charge < -0.3 is 9.80 Å². The van der Waals surface area contributed by atoms with E-state index in [1.54, 1.807) is 21.9 Å². The highest BCUT2D eigenvalue weighted by molar-refractivity contribution is 7.89. The Morgan fingerprint density at radius 1 is 1.09 bits per heavy atom. The van der Waals surface area contributed by atoms with Crippen molar-refractivity contribution in [3.63, 3.8) is 0 Å². The Morgan fingerprint density at radius 3 is 2.32 bits per heavy atom. The van der Waals surface area contributed by atoms with E-state index < -0.39 is 39.4 Å². The van der Waals surface area contributed by atoms with Crippen LogP contribution in [0.1, 0.15) is 24.8 Å². The lowest BCUT2D eigenvalue weighted by atomic mass is 9.86. The largest absolute Gasteiger partial charge is 0.325 e. The van der Waals surface area contributed by atoms with Crippen LogP contribution in [-0.2, 0) is 16.4 Å². The SMILES string of the molecule is NS(=O)(=O)C[C@H]1[C@@H](Cc2cccc(-c3cc(F)cc(F)c3)c2F)N(C(=O)N2CCC2)CC12CC2. The predicted molar refractivity (Wildman–Crippen MR) is 121 cm³/mol. The molecule has 2 aromatic rings. The van der Waals surface area contributed by atoms with E-state index in [4.69, 9.17) is 5.14 Å².